The number of fused-ring (bicyclic) bond motifs is 1. The Labute approximate surface area is 205 Å². The maximum absolute atomic E-state index is 13.0. The van der Waals surface area contributed by atoms with Crippen LogP contribution in [0.3, 0.4) is 0 Å². The number of aromatic nitrogens is 2. The second-order valence-corrected chi connectivity index (χ2v) is 9.29. The number of benzene rings is 3. The summed E-state index contributed by atoms with van der Waals surface area (Å²) in [6, 6.07) is 21.6. The fraction of sp³-hybridized carbons (Fsp3) is 0.286. The highest BCUT2D eigenvalue weighted by Crippen LogP contribution is 2.28. The van der Waals surface area contributed by atoms with Crippen LogP contribution in [0.5, 0.6) is 5.75 Å². The summed E-state index contributed by atoms with van der Waals surface area (Å²) in [6.45, 7) is 4.42. The van der Waals surface area contributed by atoms with E-state index in [2.05, 4.69) is 34.2 Å². The molecular weight excluding hydrogens is 446 g/mol. The Bertz CT molecular complexity index is 1230. The lowest BCUT2D eigenvalue weighted by atomic mass is 9.89. The number of H-pyrrole nitrogens is 1. The van der Waals surface area contributed by atoms with Crippen LogP contribution in [0, 0.1) is 5.92 Å². The topological polar surface area (TPSA) is 81.0 Å². The average molecular weight is 476 g/mol. The Kier molecular flexibility index (Phi) is 7.66. The fourth-order valence-electron chi connectivity index (χ4n) is 4.14. The number of para-hydroxylation sites is 2. The van der Waals surface area contributed by atoms with Gasteiger partial charge in [0.1, 0.15) is 11.6 Å². The molecule has 0 saturated carbocycles. The monoisotopic (exact) mass is 475 g/mol. The molecule has 0 unspecified atom stereocenters. The third-order valence-corrected chi connectivity index (χ3v) is 6.10. The smallest absolute Gasteiger partial charge is 0.163 e. The Morgan fingerprint density at radius 3 is 2.53 bits per heavy atom. The third-order valence-electron chi connectivity index (χ3n) is 5.81. The molecular formula is C28H30ClN3O2. The number of halogens is 1. The van der Waals surface area contributed by atoms with Crippen molar-refractivity contribution in [1.82, 2.24) is 9.97 Å². The number of carbonyl (C=O) groups excluding carboxylic acids is 1. The summed E-state index contributed by atoms with van der Waals surface area (Å²) >= 11 is 6.33. The number of ketones is 1. The number of nitrogens with zero attached hydrogens (tertiary/aromatic N) is 1. The van der Waals surface area contributed by atoms with E-state index in [0.29, 0.717) is 29.3 Å². The number of ether oxygens (including phenoxy) is 1. The van der Waals surface area contributed by atoms with Gasteiger partial charge in [-0.3, -0.25) is 4.79 Å². The minimum Gasteiger partial charge on any atom is -0.489 e. The Morgan fingerprint density at radius 1 is 1.09 bits per heavy atom. The van der Waals surface area contributed by atoms with Crippen molar-refractivity contribution in [3.63, 3.8) is 0 Å². The normalized spacial score (nSPS) is 12.3. The lowest BCUT2D eigenvalue weighted by Gasteiger charge is -2.16. The van der Waals surface area contributed by atoms with E-state index in [1.807, 2.05) is 38.1 Å². The summed E-state index contributed by atoms with van der Waals surface area (Å²) in [7, 11) is 0. The zero-order chi connectivity index (χ0) is 24.1. The third kappa shape index (κ3) is 5.85. The van der Waals surface area contributed by atoms with E-state index in [4.69, 9.17) is 22.1 Å². The van der Waals surface area contributed by atoms with E-state index in [1.54, 1.807) is 18.2 Å². The van der Waals surface area contributed by atoms with Crippen LogP contribution < -0.4 is 10.5 Å². The summed E-state index contributed by atoms with van der Waals surface area (Å²) in [4.78, 5) is 21.0. The molecule has 0 spiro atoms. The van der Waals surface area contributed by atoms with Gasteiger partial charge < -0.3 is 15.5 Å². The summed E-state index contributed by atoms with van der Waals surface area (Å²) < 4.78 is 5.67. The van der Waals surface area contributed by atoms with Crippen molar-refractivity contribution >= 4 is 28.4 Å². The molecule has 0 amide bonds. The molecule has 3 aromatic carbocycles. The van der Waals surface area contributed by atoms with Gasteiger partial charge in [-0.05, 0) is 75.0 Å². The van der Waals surface area contributed by atoms with Crippen molar-refractivity contribution < 1.29 is 9.53 Å². The van der Waals surface area contributed by atoms with Crippen molar-refractivity contribution in [2.45, 2.75) is 39.2 Å². The summed E-state index contributed by atoms with van der Waals surface area (Å²) in [5.74, 6) is 1.66. The zero-order valence-corrected chi connectivity index (χ0v) is 20.3. The predicted molar refractivity (Wildman–Crippen MR) is 139 cm³/mol. The lowest BCUT2D eigenvalue weighted by molar-refractivity contribution is 0.0959. The zero-order valence-electron chi connectivity index (χ0n) is 19.6. The molecule has 0 radical (unpaired) electrons. The first kappa shape index (κ1) is 24.0. The Morgan fingerprint density at radius 2 is 1.85 bits per heavy atom. The van der Waals surface area contributed by atoms with Crippen LogP contribution in [0.4, 0.5) is 0 Å². The maximum Gasteiger partial charge on any atom is 0.163 e. The van der Waals surface area contributed by atoms with E-state index in [9.17, 15) is 4.79 Å². The van der Waals surface area contributed by atoms with Crippen LogP contribution in [-0.4, -0.2) is 28.4 Å². The number of aromatic amines is 1. The number of rotatable bonds is 10. The van der Waals surface area contributed by atoms with Gasteiger partial charge >= 0.3 is 0 Å². The van der Waals surface area contributed by atoms with Gasteiger partial charge in [-0.2, -0.15) is 0 Å². The number of carbonyl (C=O) groups is 1. The molecule has 6 heteroatoms. The lowest BCUT2D eigenvalue weighted by Crippen LogP contribution is -2.16. The standard InChI is InChI=1S/C28H30ClN3O2/c1-18(2)34-27-12-11-22(17-23(27)29)26(33)16-20(13-14-30)15-19-7-9-21(10-8-19)28-31-24-5-3-4-6-25(24)32-28/h3-12,17-18,20H,13-16,30H2,1-2H3,(H,31,32)/t20-/m1/s1. The van der Waals surface area contributed by atoms with Crippen LogP contribution >= 0.6 is 11.6 Å². The molecule has 5 nitrogen and oxygen atoms in total. The van der Waals surface area contributed by atoms with Crippen molar-refractivity contribution in [2.75, 3.05) is 6.54 Å². The Hall–Kier alpha value is -3.15. The van der Waals surface area contributed by atoms with Gasteiger partial charge in [0.2, 0.25) is 0 Å². The summed E-state index contributed by atoms with van der Waals surface area (Å²) in [6.07, 6.45) is 2.00. The van der Waals surface area contributed by atoms with Crippen LogP contribution in [0.25, 0.3) is 22.4 Å². The average Bonchev–Trinajstić information content (AvgIpc) is 3.25. The molecule has 1 heterocycles. The molecule has 1 atom stereocenters. The van der Waals surface area contributed by atoms with Crippen molar-refractivity contribution in [3.05, 3.63) is 82.9 Å². The second kappa shape index (κ2) is 10.9. The molecule has 3 N–H and O–H groups in total. The molecule has 176 valence electrons. The van der Waals surface area contributed by atoms with E-state index in [1.165, 1.54) is 5.56 Å². The number of nitrogens with two attached hydrogens (primary N) is 1. The van der Waals surface area contributed by atoms with Crippen LogP contribution in [0.1, 0.15) is 42.6 Å². The van der Waals surface area contributed by atoms with Gasteiger partial charge in [0, 0.05) is 17.5 Å². The van der Waals surface area contributed by atoms with Crippen LogP contribution in [0.2, 0.25) is 5.02 Å². The molecule has 1 aromatic heterocycles. The SMILES string of the molecule is CC(C)Oc1ccc(C(=O)C[C@H](CCN)Cc2ccc(-c3nc4ccccc4[nH]3)cc2)cc1Cl. The summed E-state index contributed by atoms with van der Waals surface area (Å²) in [5.41, 5.74) is 10.6. The minimum atomic E-state index is 0.0196. The highest BCUT2D eigenvalue weighted by molar-refractivity contribution is 6.32. The maximum atomic E-state index is 13.0. The molecule has 4 rings (SSSR count). The van der Waals surface area contributed by atoms with Gasteiger partial charge in [-0.1, -0.05) is 48.0 Å². The largest absolute Gasteiger partial charge is 0.489 e. The molecule has 0 saturated heterocycles. The van der Waals surface area contributed by atoms with Crippen LogP contribution in [-0.2, 0) is 6.42 Å². The fourth-order valence-corrected chi connectivity index (χ4v) is 4.36. The molecule has 0 fully saturated rings. The van der Waals surface area contributed by atoms with Crippen molar-refractivity contribution in [3.8, 4) is 17.1 Å². The van der Waals surface area contributed by atoms with Crippen molar-refractivity contribution in [2.24, 2.45) is 11.7 Å². The molecule has 0 aliphatic carbocycles. The molecule has 0 aliphatic rings. The van der Waals surface area contributed by atoms with E-state index in [-0.39, 0.29) is 17.8 Å². The van der Waals surface area contributed by atoms with E-state index in [0.717, 1.165) is 35.3 Å². The summed E-state index contributed by atoms with van der Waals surface area (Å²) in [5, 5.41) is 0.455. The van der Waals surface area contributed by atoms with Gasteiger partial charge in [-0.25, -0.2) is 4.98 Å². The first-order valence-electron chi connectivity index (χ1n) is 11.7. The van der Waals surface area contributed by atoms with Gasteiger partial charge in [0.15, 0.2) is 5.78 Å². The second-order valence-electron chi connectivity index (χ2n) is 8.89. The van der Waals surface area contributed by atoms with Gasteiger partial charge in [0.05, 0.1) is 22.2 Å². The highest BCUT2D eigenvalue weighted by atomic mass is 35.5. The van der Waals surface area contributed by atoms with E-state index >= 15 is 0 Å². The number of nitrogens with one attached hydrogen (secondary N) is 1. The van der Waals surface area contributed by atoms with Gasteiger partial charge in [0.25, 0.3) is 0 Å². The molecule has 4 aromatic rings. The first-order valence-corrected chi connectivity index (χ1v) is 12.0. The first-order chi connectivity index (χ1) is 16.4. The number of imidazole rings is 1. The minimum absolute atomic E-state index is 0.0196. The van der Waals surface area contributed by atoms with Crippen LogP contribution in [0.15, 0.2) is 66.7 Å². The quantitative estimate of drug-likeness (QED) is 0.258. The Balaban J connectivity index is 1.43. The highest BCUT2D eigenvalue weighted by Gasteiger charge is 2.17. The van der Waals surface area contributed by atoms with E-state index < -0.39 is 0 Å². The number of Topliss-reactive ketones (excluding diaryl/α,β-unsaturated/α-hetero) is 1. The molecule has 0 aliphatic heterocycles. The molecule has 0 bridgehead atoms. The van der Waals surface area contributed by atoms with Gasteiger partial charge in [-0.15, -0.1) is 0 Å². The van der Waals surface area contributed by atoms with Crippen molar-refractivity contribution in [1.29, 1.82) is 0 Å². The predicted octanol–water partition coefficient (Wildman–Crippen LogP) is 6.45. The number of hydrogen-bond donors (Lipinski definition) is 2. The molecule has 34 heavy (non-hydrogen) atoms. The number of hydrogen-bond acceptors (Lipinski definition) is 4.